The zero-order chi connectivity index (χ0) is 20.6. The van der Waals surface area contributed by atoms with E-state index in [0.29, 0.717) is 5.92 Å². The normalized spacial score (nSPS) is 22.2. The zero-order valence-corrected chi connectivity index (χ0v) is 17.9. The van der Waals surface area contributed by atoms with E-state index < -0.39 is 0 Å². The third-order valence-electron chi connectivity index (χ3n) is 5.94. The highest BCUT2D eigenvalue weighted by Crippen LogP contribution is 2.34. The van der Waals surface area contributed by atoms with Crippen molar-refractivity contribution < 1.29 is 4.79 Å². The molecular formula is C24H30N4O. The molecule has 1 aromatic heterocycles. The van der Waals surface area contributed by atoms with Crippen LogP contribution in [-0.4, -0.2) is 34.9 Å². The minimum Gasteiger partial charge on any atom is -0.338 e. The molecule has 0 aliphatic carbocycles. The van der Waals surface area contributed by atoms with Crippen molar-refractivity contribution in [3.8, 4) is 0 Å². The molecule has 29 heavy (non-hydrogen) atoms. The van der Waals surface area contributed by atoms with Crippen molar-refractivity contribution >= 4 is 16.8 Å². The summed E-state index contributed by atoms with van der Waals surface area (Å²) >= 11 is 0. The van der Waals surface area contributed by atoms with Gasteiger partial charge in [-0.05, 0) is 56.4 Å². The highest BCUT2D eigenvalue weighted by Gasteiger charge is 2.29. The average molecular weight is 391 g/mol. The number of aromatic nitrogens is 1. The first kappa shape index (κ1) is 19.7. The molecule has 1 unspecified atom stereocenters. The first-order valence-corrected chi connectivity index (χ1v) is 10.6. The maximum Gasteiger partial charge on any atom is 0.254 e. The highest BCUT2D eigenvalue weighted by molar-refractivity contribution is 6.06. The summed E-state index contributed by atoms with van der Waals surface area (Å²) < 4.78 is 0. The van der Waals surface area contributed by atoms with Crippen LogP contribution >= 0.6 is 0 Å². The van der Waals surface area contributed by atoms with E-state index in [2.05, 4.69) is 48.1 Å². The van der Waals surface area contributed by atoms with Crippen LogP contribution in [0.5, 0.6) is 0 Å². The number of fused-ring (bicyclic) bond motifs is 1. The minimum atomic E-state index is 0.0351. The number of hydrogen-bond donors (Lipinski definition) is 0. The summed E-state index contributed by atoms with van der Waals surface area (Å²) in [5.74, 6) is 0.578. The lowest BCUT2D eigenvalue weighted by Crippen LogP contribution is -2.40. The second kappa shape index (κ2) is 7.69. The first-order chi connectivity index (χ1) is 13.8. The zero-order valence-electron chi connectivity index (χ0n) is 17.9. The Morgan fingerprint density at radius 1 is 1.24 bits per heavy atom. The Balaban J connectivity index is 1.48. The van der Waals surface area contributed by atoms with Crippen LogP contribution in [0.15, 0.2) is 52.5 Å². The summed E-state index contributed by atoms with van der Waals surface area (Å²) in [4.78, 5) is 19.8. The molecule has 0 spiro atoms. The van der Waals surface area contributed by atoms with Gasteiger partial charge in [0.05, 0.1) is 22.8 Å². The second-order valence-electron chi connectivity index (χ2n) is 9.46. The van der Waals surface area contributed by atoms with E-state index in [-0.39, 0.29) is 17.4 Å². The fourth-order valence-electron chi connectivity index (χ4n) is 4.30. The molecule has 0 N–H and O–H groups in total. The summed E-state index contributed by atoms with van der Waals surface area (Å²) in [6.07, 6.45) is 7.09. The van der Waals surface area contributed by atoms with Gasteiger partial charge in [0.25, 0.3) is 5.91 Å². The Morgan fingerprint density at radius 2 is 2.07 bits per heavy atom. The number of benzene rings is 1. The van der Waals surface area contributed by atoms with Crippen LogP contribution < -0.4 is 0 Å². The van der Waals surface area contributed by atoms with Gasteiger partial charge in [-0.25, -0.2) is 0 Å². The maximum atomic E-state index is 13.3. The van der Waals surface area contributed by atoms with Gasteiger partial charge in [0.2, 0.25) is 0 Å². The number of rotatable bonds is 3. The largest absolute Gasteiger partial charge is 0.338 e. The van der Waals surface area contributed by atoms with Gasteiger partial charge in [0.1, 0.15) is 0 Å². The molecule has 0 radical (unpaired) electrons. The van der Waals surface area contributed by atoms with E-state index in [1.165, 1.54) is 0 Å². The quantitative estimate of drug-likeness (QED) is 0.690. The fraction of sp³-hybridized carbons (Fsp3) is 0.500. The van der Waals surface area contributed by atoms with Crippen molar-refractivity contribution in [2.45, 2.75) is 53.0 Å². The number of azo groups is 1. The summed E-state index contributed by atoms with van der Waals surface area (Å²) in [6.45, 7) is 10.2. The fourth-order valence-corrected chi connectivity index (χ4v) is 4.30. The van der Waals surface area contributed by atoms with Crippen LogP contribution in [0, 0.1) is 18.3 Å². The SMILES string of the molecule is Cc1ccc2nccc(C(=O)N3CCC[C@H](CC4C=C(C(C)(C)C)N=N4)C3)c2c1. The number of hydrogen-bond acceptors (Lipinski definition) is 4. The van der Waals surface area contributed by atoms with Crippen LogP contribution in [-0.2, 0) is 0 Å². The van der Waals surface area contributed by atoms with E-state index >= 15 is 0 Å². The Morgan fingerprint density at radius 3 is 2.83 bits per heavy atom. The number of amides is 1. The monoisotopic (exact) mass is 390 g/mol. The molecule has 0 bridgehead atoms. The Kier molecular flexibility index (Phi) is 5.24. The third-order valence-corrected chi connectivity index (χ3v) is 5.94. The smallest absolute Gasteiger partial charge is 0.254 e. The van der Waals surface area contributed by atoms with E-state index in [9.17, 15) is 4.79 Å². The Hall–Kier alpha value is -2.56. The summed E-state index contributed by atoms with van der Waals surface area (Å²) in [5, 5.41) is 9.82. The van der Waals surface area contributed by atoms with Crippen molar-refractivity contribution in [1.82, 2.24) is 9.88 Å². The Labute approximate surface area is 172 Å². The summed E-state index contributed by atoms with van der Waals surface area (Å²) in [7, 11) is 0. The molecule has 2 aliphatic rings. The molecule has 5 nitrogen and oxygen atoms in total. The molecule has 1 amide bonds. The van der Waals surface area contributed by atoms with Crippen LogP contribution in [0.1, 0.15) is 56.0 Å². The second-order valence-corrected chi connectivity index (χ2v) is 9.46. The van der Waals surface area contributed by atoms with Gasteiger partial charge in [0.15, 0.2) is 0 Å². The van der Waals surface area contributed by atoms with E-state index in [1.54, 1.807) is 6.20 Å². The van der Waals surface area contributed by atoms with E-state index in [0.717, 1.165) is 60.1 Å². The van der Waals surface area contributed by atoms with Gasteiger partial charge in [-0.3, -0.25) is 9.78 Å². The predicted molar refractivity (Wildman–Crippen MR) is 116 cm³/mol. The Bertz CT molecular complexity index is 986. The van der Waals surface area contributed by atoms with Gasteiger partial charge in [-0.2, -0.15) is 10.2 Å². The van der Waals surface area contributed by atoms with Crippen molar-refractivity contribution in [3.63, 3.8) is 0 Å². The summed E-state index contributed by atoms with van der Waals surface area (Å²) in [6, 6.07) is 8.10. The maximum absolute atomic E-state index is 13.3. The lowest BCUT2D eigenvalue weighted by molar-refractivity contribution is 0.0668. The molecule has 1 aromatic carbocycles. The van der Waals surface area contributed by atoms with Gasteiger partial charge < -0.3 is 4.90 Å². The van der Waals surface area contributed by atoms with Crippen LogP contribution in [0.2, 0.25) is 0 Å². The van der Waals surface area contributed by atoms with Gasteiger partial charge in [-0.15, -0.1) is 0 Å². The number of allylic oxidation sites excluding steroid dienone is 1. The molecule has 2 aliphatic heterocycles. The number of carbonyl (C=O) groups is 1. The van der Waals surface area contributed by atoms with E-state index in [4.69, 9.17) is 0 Å². The van der Waals surface area contributed by atoms with Crippen molar-refractivity contribution in [1.29, 1.82) is 0 Å². The van der Waals surface area contributed by atoms with E-state index in [1.807, 2.05) is 30.0 Å². The first-order valence-electron chi connectivity index (χ1n) is 10.6. The lowest BCUT2D eigenvalue weighted by atomic mass is 9.88. The molecule has 1 saturated heterocycles. The number of nitrogens with zero attached hydrogens (tertiary/aromatic N) is 4. The lowest BCUT2D eigenvalue weighted by Gasteiger charge is -2.33. The number of pyridine rings is 1. The number of likely N-dealkylation sites (tertiary alicyclic amines) is 1. The topological polar surface area (TPSA) is 57.9 Å². The van der Waals surface area contributed by atoms with Crippen molar-refractivity contribution in [2.75, 3.05) is 13.1 Å². The van der Waals surface area contributed by atoms with Crippen molar-refractivity contribution in [2.24, 2.45) is 21.6 Å². The average Bonchev–Trinajstić information content (AvgIpc) is 3.16. The molecule has 152 valence electrons. The number of aryl methyl sites for hydroxylation is 1. The number of piperidine rings is 1. The van der Waals surface area contributed by atoms with Crippen molar-refractivity contribution in [3.05, 3.63) is 53.4 Å². The molecule has 3 heterocycles. The number of carbonyl (C=O) groups excluding carboxylic acids is 1. The van der Waals surface area contributed by atoms with Crippen LogP contribution in [0.25, 0.3) is 10.9 Å². The predicted octanol–water partition coefficient (Wildman–Crippen LogP) is 5.55. The van der Waals surface area contributed by atoms with Crippen LogP contribution in [0.3, 0.4) is 0 Å². The highest BCUT2D eigenvalue weighted by atomic mass is 16.2. The van der Waals surface area contributed by atoms with Gasteiger partial charge in [-0.1, -0.05) is 32.4 Å². The molecular weight excluding hydrogens is 360 g/mol. The van der Waals surface area contributed by atoms with Crippen LogP contribution in [0.4, 0.5) is 0 Å². The molecule has 4 rings (SSSR count). The third kappa shape index (κ3) is 4.24. The van der Waals surface area contributed by atoms with Gasteiger partial charge in [0, 0.05) is 30.1 Å². The molecule has 1 fully saturated rings. The molecule has 2 aromatic rings. The molecule has 0 saturated carbocycles. The molecule has 2 atom stereocenters. The molecule has 5 heteroatoms. The summed E-state index contributed by atoms with van der Waals surface area (Å²) in [5.41, 5.74) is 3.89. The minimum absolute atomic E-state index is 0.0351. The van der Waals surface area contributed by atoms with Gasteiger partial charge >= 0.3 is 0 Å². The standard InChI is InChI=1S/C24H30N4O/c1-16-7-8-21-20(12-16)19(9-10-25-21)23(29)28-11-5-6-17(15-28)13-18-14-22(27-26-18)24(2,3)4/h7-10,12,14,17-18H,5-6,11,13,15H2,1-4H3/t17-,18?/m1/s1.